The van der Waals surface area contributed by atoms with Gasteiger partial charge in [0.2, 0.25) is 12.7 Å². The van der Waals surface area contributed by atoms with Crippen LogP contribution in [0.4, 0.5) is 20.2 Å². The summed E-state index contributed by atoms with van der Waals surface area (Å²) in [6.45, 7) is -0.00483. The van der Waals surface area contributed by atoms with Crippen molar-refractivity contribution in [3.05, 3.63) is 48.0 Å². The van der Waals surface area contributed by atoms with Gasteiger partial charge in [0.15, 0.2) is 11.5 Å². The van der Waals surface area contributed by atoms with Crippen LogP contribution in [0.1, 0.15) is 0 Å². The van der Waals surface area contributed by atoms with Gasteiger partial charge in [-0.05, 0) is 24.3 Å². The Hall–Kier alpha value is -2.83. The molecule has 0 aromatic heterocycles. The number of carbonyl (C=O) groups is 1. The number of ether oxygens (including phenoxy) is 2. The molecule has 1 heterocycles. The highest BCUT2D eigenvalue weighted by Gasteiger charge is 2.14. The maximum absolute atomic E-state index is 13.4. The summed E-state index contributed by atoms with van der Waals surface area (Å²) in [5, 5.41) is 5.24. The Morgan fingerprint density at radius 1 is 1.09 bits per heavy atom. The lowest BCUT2D eigenvalue weighted by molar-refractivity contribution is -0.114. The summed E-state index contributed by atoms with van der Waals surface area (Å²) in [4.78, 5) is 11.8. The van der Waals surface area contributed by atoms with Crippen LogP contribution in [0.5, 0.6) is 11.5 Å². The van der Waals surface area contributed by atoms with Gasteiger partial charge in [-0.2, -0.15) is 0 Å². The van der Waals surface area contributed by atoms with Crippen molar-refractivity contribution >= 4 is 17.3 Å². The van der Waals surface area contributed by atoms with Gasteiger partial charge in [-0.25, -0.2) is 8.78 Å². The number of carbonyl (C=O) groups excluding carboxylic acids is 1. The average Bonchev–Trinajstić information content (AvgIpc) is 2.94. The predicted octanol–water partition coefficient (Wildman–Crippen LogP) is 2.74. The number of fused-ring (bicyclic) bond motifs is 1. The highest BCUT2D eigenvalue weighted by Crippen LogP contribution is 2.34. The van der Waals surface area contributed by atoms with Crippen LogP contribution in [-0.2, 0) is 4.79 Å². The lowest BCUT2D eigenvalue weighted by Crippen LogP contribution is -2.22. The number of hydrogen-bond donors (Lipinski definition) is 2. The molecule has 0 saturated carbocycles. The molecule has 3 rings (SSSR count). The van der Waals surface area contributed by atoms with Gasteiger partial charge in [0.25, 0.3) is 0 Å². The molecule has 0 bridgehead atoms. The van der Waals surface area contributed by atoms with E-state index in [2.05, 4.69) is 10.6 Å². The summed E-state index contributed by atoms with van der Waals surface area (Å²) in [5.41, 5.74) is 0.595. The third-order valence-electron chi connectivity index (χ3n) is 3.03. The van der Waals surface area contributed by atoms with Crippen molar-refractivity contribution in [3.8, 4) is 11.5 Å². The molecule has 0 radical (unpaired) electrons. The van der Waals surface area contributed by atoms with Crippen LogP contribution >= 0.6 is 0 Å². The quantitative estimate of drug-likeness (QED) is 0.912. The average molecular weight is 306 g/mol. The second-order valence-corrected chi connectivity index (χ2v) is 4.59. The minimum Gasteiger partial charge on any atom is -0.454 e. The Kier molecular flexibility index (Phi) is 3.78. The van der Waals surface area contributed by atoms with Crippen molar-refractivity contribution in [2.45, 2.75) is 0 Å². The second kappa shape index (κ2) is 5.88. The Labute approximate surface area is 124 Å². The zero-order chi connectivity index (χ0) is 15.5. The first-order valence-electron chi connectivity index (χ1n) is 6.50. The highest BCUT2D eigenvalue weighted by atomic mass is 19.1. The third kappa shape index (κ3) is 3.08. The van der Waals surface area contributed by atoms with Crippen LogP contribution in [0.2, 0.25) is 0 Å². The molecule has 2 N–H and O–H groups in total. The molecule has 7 heteroatoms. The van der Waals surface area contributed by atoms with Crippen LogP contribution in [0.3, 0.4) is 0 Å². The van der Waals surface area contributed by atoms with Gasteiger partial charge in [-0.1, -0.05) is 0 Å². The molecule has 0 fully saturated rings. The summed E-state index contributed by atoms with van der Waals surface area (Å²) in [6.07, 6.45) is 0. The van der Waals surface area contributed by atoms with Crippen LogP contribution < -0.4 is 20.1 Å². The van der Waals surface area contributed by atoms with Gasteiger partial charge in [0, 0.05) is 17.8 Å². The lowest BCUT2D eigenvalue weighted by atomic mass is 10.2. The first-order chi connectivity index (χ1) is 10.6. The van der Waals surface area contributed by atoms with Crippen LogP contribution in [0, 0.1) is 11.6 Å². The maximum atomic E-state index is 13.4. The molecule has 1 amide bonds. The van der Waals surface area contributed by atoms with Gasteiger partial charge >= 0.3 is 0 Å². The number of amides is 1. The van der Waals surface area contributed by atoms with E-state index in [4.69, 9.17) is 9.47 Å². The molecule has 0 saturated heterocycles. The van der Waals surface area contributed by atoms with Gasteiger partial charge in [-0.3, -0.25) is 4.79 Å². The summed E-state index contributed by atoms with van der Waals surface area (Å²) in [7, 11) is 0. The molecule has 0 unspecified atom stereocenters. The van der Waals surface area contributed by atoms with Gasteiger partial charge in [-0.15, -0.1) is 0 Å². The van der Waals surface area contributed by atoms with Crippen molar-refractivity contribution in [3.63, 3.8) is 0 Å². The van der Waals surface area contributed by atoms with E-state index >= 15 is 0 Å². The van der Waals surface area contributed by atoms with E-state index in [9.17, 15) is 13.6 Å². The van der Waals surface area contributed by atoms with Crippen LogP contribution in [-0.4, -0.2) is 19.2 Å². The maximum Gasteiger partial charge on any atom is 0.243 e. The van der Waals surface area contributed by atoms with E-state index < -0.39 is 11.6 Å². The largest absolute Gasteiger partial charge is 0.454 e. The van der Waals surface area contributed by atoms with Gasteiger partial charge in [0.05, 0.1) is 12.2 Å². The summed E-state index contributed by atoms with van der Waals surface area (Å²) < 4.78 is 36.6. The highest BCUT2D eigenvalue weighted by molar-refractivity contribution is 5.94. The topological polar surface area (TPSA) is 59.6 Å². The minimum absolute atomic E-state index is 0.0576. The summed E-state index contributed by atoms with van der Waals surface area (Å²) >= 11 is 0. The van der Waals surface area contributed by atoms with Crippen molar-refractivity contribution in [2.75, 3.05) is 24.0 Å². The monoisotopic (exact) mass is 306 g/mol. The standard InChI is InChI=1S/C15H12F2N2O3/c16-9-1-3-12(11(17)5-9)18-7-15(20)19-10-2-4-13-14(6-10)22-8-21-13/h1-6,18H,7-8H2,(H,19,20). The number of benzene rings is 2. The number of halogens is 2. The van der Waals surface area contributed by atoms with E-state index in [-0.39, 0.29) is 24.9 Å². The molecule has 22 heavy (non-hydrogen) atoms. The fraction of sp³-hybridized carbons (Fsp3) is 0.133. The van der Waals surface area contributed by atoms with Crippen LogP contribution in [0.25, 0.3) is 0 Å². The minimum atomic E-state index is -0.754. The molecule has 114 valence electrons. The Bertz CT molecular complexity index is 722. The normalized spacial score (nSPS) is 12.1. The van der Waals surface area contributed by atoms with E-state index in [0.717, 1.165) is 12.1 Å². The van der Waals surface area contributed by atoms with E-state index in [1.807, 2.05) is 0 Å². The van der Waals surface area contributed by atoms with Crippen molar-refractivity contribution in [1.29, 1.82) is 0 Å². The zero-order valence-electron chi connectivity index (χ0n) is 11.4. The first-order valence-corrected chi connectivity index (χ1v) is 6.50. The fourth-order valence-electron chi connectivity index (χ4n) is 1.99. The fourth-order valence-corrected chi connectivity index (χ4v) is 1.99. The molecule has 2 aromatic rings. The van der Waals surface area contributed by atoms with E-state index in [1.54, 1.807) is 18.2 Å². The van der Waals surface area contributed by atoms with E-state index in [1.165, 1.54) is 6.07 Å². The Morgan fingerprint density at radius 2 is 1.91 bits per heavy atom. The van der Waals surface area contributed by atoms with Crippen molar-refractivity contribution in [2.24, 2.45) is 0 Å². The number of rotatable bonds is 4. The molecular weight excluding hydrogens is 294 g/mol. The molecule has 0 aliphatic carbocycles. The Morgan fingerprint density at radius 3 is 2.73 bits per heavy atom. The first kappa shape index (κ1) is 14.1. The van der Waals surface area contributed by atoms with Crippen LogP contribution in [0.15, 0.2) is 36.4 Å². The third-order valence-corrected chi connectivity index (χ3v) is 3.03. The smallest absolute Gasteiger partial charge is 0.243 e. The number of hydrogen-bond acceptors (Lipinski definition) is 4. The zero-order valence-corrected chi connectivity index (χ0v) is 11.4. The number of anilines is 2. The predicted molar refractivity (Wildman–Crippen MR) is 76.0 cm³/mol. The Balaban J connectivity index is 1.58. The molecule has 0 spiro atoms. The summed E-state index contributed by atoms with van der Waals surface area (Å²) in [5.74, 6) is -0.633. The molecule has 1 aliphatic rings. The SMILES string of the molecule is O=C(CNc1ccc(F)cc1F)Nc1ccc2c(c1)OCO2. The molecule has 2 aromatic carbocycles. The number of nitrogens with one attached hydrogen (secondary N) is 2. The second-order valence-electron chi connectivity index (χ2n) is 4.59. The molecule has 5 nitrogen and oxygen atoms in total. The molecular formula is C15H12F2N2O3. The summed E-state index contributed by atoms with van der Waals surface area (Å²) in [6, 6.07) is 8.09. The lowest BCUT2D eigenvalue weighted by Gasteiger charge is -2.09. The van der Waals surface area contributed by atoms with Crippen molar-refractivity contribution in [1.82, 2.24) is 0 Å². The van der Waals surface area contributed by atoms with E-state index in [0.29, 0.717) is 17.2 Å². The molecule has 0 atom stereocenters. The molecule has 1 aliphatic heterocycles. The van der Waals surface area contributed by atoms with Gasteiger partial charge in [0.1, 0.15) is 11.6 Å². The van der Waals surface area contributed by atoms with Crippen molar-refractivity contribution < 1.29 is 23.0 Å². The van der Waals surface area contributed by atoms with Gasteiger partial charge < -0.3 is 20.1 Å².